The van der Waals surface area contributed by atoms with E-state index < -0.39 is 5.97 Å². The Bertz CT molecular complexity index is 842. The van der Waals surface area contributed by atoms with Crippen LogP contribution in [0.5, 0.6) is 0 Å². The summed E-state index contributed by atoms with van der Waals surface area (Å²) in [6, 6.07) is 16.5. The van der Waals surface area contributed by atoms with Gasteiger partial charge in [0.15, 0.2) is 6.61 Å². The molecular weight excluding hydrogens is 332 g/mol. The van der Waals surface area contributed by atoms with Gasteiger partial charge in [-0.1, -0.05) is 30.3 Å². The molecule has 0 spiro atoms. The van der Waals surface area contributed by atoms with E-state index in [0.717, 1.165) is 11.1 Å². The van der Waals surface area contributed by atoms with Gasteiger partial charge in [-0.25, -0.2) is 4.79 Å². The van der Waals surface area contributed by atoms with E-state index in [-0.39, 0.29) is 18.6 Å². The standard InChI is InChI=1S/C20H20N2O4/c1-14(2)24-12-15-8-10-17(11-9-15)20(23)25-13-18-21-22-19(26-18)16-6-4-3-5-7-16/h3-11,14H,12-13H2,1-2H3. The summed E-state index contributed by atoms with van der Waals surface area (Å²) in [4.78, 5) is 12.1. The maximum atomic E-state index is 12.1. The highest BCUT2D eigenvalue weighted by Crippen LogP contribution is 2.17. The van der Waals surface area contributed by atoms with Crippen molar-refractivity contribution in [3.8, 4) is 11.5 Å². The molecule has 0 fully saturated rings. The lowest BCUT2D eigenvalue weighted by atomic mass is 10.1. The van der Waals surface area contributed by atoms with Gasteiger partial charge in [-0.15, -0.1) is 10.2 Å². The lowest BCUT2D eigenvalue weighted by molar-refractivity contribution is 0.0438. The summed E-state index contributed by atoms with van der Waals surface area (Å²) < 4.78 is 16.3. The minimum Gasteiger partial charge on any atom is -0.452 e. The summed E-state index contributed by atoms with van der Waals surface area (Å²) in [5.74, 6) is 0.200. The van der Waals surface area contributed by atoms with E-state index in [4.69, 9.17) is 13.9 Å². The van der Waals surface area contributed by atoms with Gasteiger partial charge < -0.3 is 13.9 Å². The number of nitrogens with zero attached hydrogens (tertiary/aromatic N) is 2. The molecule has 26 heavy (non-hydrogen) atoms. The van der Waals surface area contributed by atoms with Gasteiger partial charge in [-0.3, -0.25) is 0 Å². The first kappa shape index (κ1) is 17.8. The molecule has 2 aromatic carbocycles. The predicted molar refractivity (Wildman–Crippen MR) is 95.2 cm³/mol. The van der Waals surface area contributed by atoms with Crippen molar-refractivity contribution in [1.29, 1.82) is 0 Å². The molecule has 0 radical (unpaired) electrons. The monoisotopic (exact) mass is 352 g/mol. The summed E-state index contributed by atoms with van der Waals surface area (Å²) in [6.07, 6.45) is 0.162. The predicted octanol–water partition coefficient (Wildman–Crippen LogP) is 4.02. The van der Waals surface area contributed by atoms with Gasteiger partial charge in [0.1, 0.15) is 0 Å². The first-order chi connectivity index (χ1) is 12.6. The first-order valence-electron chi connectivity index (χ1n) is 8.37. The minimum absolute atomic E-state index is 0.0725. The second kappa shape index (κ2) is 8.40. The molecule has 0 unspecified atom stereocenters. The Morgan fingerprint density at radius 3 is 2.42 bits per heavy atom. The summed E-state index contributed by atoms with van der Waals surface area (Å²) in [7, 11) is 0. The van der Waals surface area contributed by atoms with Crippen LogP contribution in [0.1, 0.15) is 35.7 Å². The molecule has 134 valence electrons. The fourth-order valence-electron chi connectivity index (χ4n) is 2.22. The topological polar surface area (TPSA) is 74.5 Å². The van der Waals surface area contributed by atoms with Crippen molar-refractivity contribution in [3.05, 3.63) is 71.6 Å². The molecule has 1 aromatic heterocycles. The van der Waals surface area contributed by atoms with Crippen LogP contribution in [0.15, 0.2) is 59.0 Å². The number of benzene rings is 2. The number of ether oxygens (including phenoxy) is 2. The summed E-state index contributed by atoms with van der Waals surface area (Å²) in [5.41, 5.74) is 2.28. The van der Waals surface area contributed by atoms with E-state index in [1.165, 1.54) is 0 Å². The van der Waals surface area contributed by atoms with Gasteiger partial charge in [-0.2, -0.15) is 0 Å². The quantitative estimate of drug-likeness (QED) is 0.598. The number of esters is 1. The zero-order valence-corrected chi connectivity index (χ0v) is 14.7. The molecule has 0 aliphatic carbocycles. The number of hydrogen-bond donors (Lipinski definition) is 0. The summed E-state index contributed by atoms with van der Waals surface area (Å²) in [6.45, 7) is 4.40. The molecule has 6 nitrogen and oxygen atoms in total. The van der Waals surface area contributed by atoms with Crippen LogP contribution in [0, 0.1) is 0 Å². The maximum Gasteiger partial charge on any atom is 0.338 e. The van der Waals surface area contributed by atoms with Crippen molar-refractivity contribution in [3.63, 3.8) is 0 Å². The Labute approximate surface area is 151 Å². The molecule has 3 aromatic rings. The van der Waals surface area contributed by atoms with Gasteiger partial charge in [-0.05, 0) is 43.7 Å². The lowest BCUT2D eigenvalue weighted by Crippen LogP contribution is -2.06. The normalized spacial score (nSPS) is 10.9. The van der Waals surface area contributed by atoms with E-state index in [9.17, 15) is 4.79 Å². The maximum absolute atomic E-state index is 12.1. The van der Waals surface area contributed by atoms with Gasteiger partial charge >= 0.3 is 5.97 Å². The highest BCUT2D eigenvalue weighted by molar-refractivity contribution is 5.89. The number of aromatic nitrogens is 2. The van der Waals surface area contributed by atoms with E-state index in [1.54, 1.807) is 12.1 Å². The molecule has 0 aliphatic heterocycles. The summed E-state index contributed by atoms with van der Waals surface area (Å²) >= 11 is 0. The molecule has 3 rings (SSSR count). The first-order valence-corrected chi connectivity index (χ1v) is 8.37. The van der Waals surface area contributed by atoms with Gasteiger partial charge in [0.25, 0.3) is 5.89 Å². The molecule has 0 saturated heterocycles. The third-order valence-electron chi connectivity index (χ3n) is 3.59. The van der Waals surface area contributed by atoms with E-state index in [1.807, 2.05) is 56.3 Å². The third-order valence-corrected chi connectivity index (χ3v) is 3.59. The van der Waals surface area contributed by atoms with Gasteiger partial charge in [0.05, 0.1) is 18.3 Å². The number of carbonyl (C=O) groups is 1. The molecule has 0 amide bonds. The fraction of sp³-hybridized carbons (Fsp3) is 0.250. The van der Waals surface area contributed by atoms with Crippen molar-refractivity contribution in [2.45, 2.75) is 33.2 Å². The Hall–Kier alpha value is -2.99. The van der Waals surface area contributed by atoms with Crippen LogP contribution >= 0.6 is 0 Å². The van der Waals surface area contributed by atoms with E-state index in [0.29, 0.717) is 18.1 Å². The molecule has 1 heterocycles. The van der Waals surface area contributed by atoms with Crippen LogP contribution < -0.4 is 0 Å². The van der Waals surface area contributed by atoms with Crippen LogP contribution in [-0.4, -0.2) is 22.3 Å². The van der Waals surface area contributed by atoms with E-state index >= 15 is 0 Å². The van der Waals surface area contributed by atoms with Gasteiger partial charge in [0, 0.05) is 5.56 Å². The molecule has 0 atom stereocenters. The molecule has 0 aliphatic rings. The Morgan fingerprint density at radius 1 is 1.00 bits per heavy atom. The fourth-order valence-corrected chi connectivity index (χ4v) is 2.22. The SMILES string of the molecule is CC(C)OCc1ccc(C(=O)OCc2nnc(-c3ccccc3)o2)cc1. The van der Waals surface area contributed by atoms with Crippen molar-refractivity contribution in [1.82, 2.24) is 10.2 Å². The summed E-state index contributed by atoms with van der Waals surface area (Å²) in [5, 5.41) is 7.86. The smallest absolute Gasteiger partial charge is 0.338 e. The third kappa shape index (κ3) is 4.77. The number of rotatable bonds is 7. The second-order valence-corrected chi connectivity index (χ2v) is 6.00. The Kier molecular flexibility index (Phi) is 5.76. The number of carbonyl (C=O) groups excluding carboxylic acids is 1. The van der Waals surface area contributed by atoms with Crippen LogP contribution in [0.3, 0.4) is 0 Å². The average molecular weight is 352 g/mol. The van der Waals surface area contributed by atoms with Crippen molar-refractivity contribution in [2.24, 2.45) is 0 Å². The molecule has 0 bridgehead atoms. The second-order valence-electron chi connectivity index (χ2n) is 6.00. The highest BCUT2D eigenvalue weighted by Gasteiger charge is 2.12. The van der Waals surface area contributed by atoms with E-state index in [2.05, 4.69) is 10.2 Å². The molecule has 0 saturated carbocycles. The van der Waals surface area contributed by atoms with Crippen LogP contribution in [-0.2, 0) is 22.7 Å². The zero-order valence-electron chi connectivity index (χ0n) is 14.7. The lowest BCUT2D eigenvalue weighted by Gasteiger charge is -2.08. The molecule has 6 heteroatoms. The Balaban J connectivity index is 1.55. The zero-order chi connectivity index (χ0) is 18.4. The van der Waals surface area contributed by atoms with Gasteiger partial charge in [0.2, 0.25) is 5.89 Å². The van der Waals surface area contributed by atoms with Crippen LogP contribution in [0.2, 0.25) is 0 Å². The number of hydrogen-bond acceptors (Lipinski definition) is 6. The Morgan fingerprint density at radius 2 is 1.73 bits per heavy atom. The minimum atomic E-state index is -0.444. The van der Waals surface area contributed by atoms with Crippen LogP contribution in [0.4, 0.5) is 0 Å². The van der Waals surface area contributed by atoms with Crippen molar-refractivity contribution < 1.29 is 18.7 Å². The van der Waals surface area contributed by atoms with Crippen molar-refractivity contribution in [2.75, 3.05) is 0 Å². The molecular formula is C20H20N2O4. The highest BCUT2D eigenvalue weighted by atomic mass is 16.5. The van der Waals surface area contributed by atoms with Crippen LogP contribution in [0.25, 0.3) is 11.5 Å². The largest absolute Gasteiger partial charge is 0.452 e. The average Bonchev–Trinajstić information content (AvgIpc) is 3.14. The van der Waals surface area contributed by atoms with Crippen molar-refractivity contribution >= 4 is 5.97 Å². The molecule has 0 N–H and O–H groups in total.